The second-order valence-electron chi connectivity index (χ2n) is 2.26. The molecule has 1 N–H and O–H groups in total. The Morgan fingerprint density at radius 1 is 1.38 bits per heavy atom. The molecule has 0 saturated heterocycles. The Morgan fingerprint density at radius 3 is 2.85 bits per heavy atom. The summed E-state index contributed by atoms with van der Waals surface area (Å²) < 4.78 is 1.42. The van der Waals surface area contributed by atoms with Crippen LogP contribution in [0.1, 0.15) is 10.6 Å². The molecule has 0 atom stereocenters. The van der Waals surface area contributed by atoms with Gasteiger partial charge in [-0.1, -0.05) is 6.07 Å². The quantitative estimate of drug-likeness (QED) is 0.639. The van der Waals surface area contributed by atoms with E-state index in [1.807, 2.05) is 0 Å². The van der Waals surface area contributed by atoms with Crippen LogP contribution < -0.4 is 0 Å². The molecule has 2 heterocycles. The average Bonchev–Trinajstić information content (AvgIpc) is 2.47. The fraction of sp³-hybridized carbons (Fsp3) is 0. The van der Waals surface area contributed by atoms with E-state index in [1.54, 1.807) is 24.4 Å². The van der Waals surface area contributed by atoms with Crippen LogP contribution in [0.4, 0.5) is 0 Å². The van der Waals surface area contributed by atoms with Crippen LogP contribution in [0.3, 0.4) is 0 Å². The topological polar surface area (TPSA) is 67.5 Å². The Bertz CT molecular complexity index is 440. The fourth-order valence-electron chi connectivity index (χ4n) is 0.987. The maximum Gasteiger partial charge on any atom is 0.374 e. The number of fused-ring (bicyclic) bond motifs is 1. The SMILES string of the molecule is O=C(O)c1nnc2ccccn12.[Na]. The Labute approximate surface area is 95.7 Å². The van der Waals surface area contributed by atoms with Gasteiger partial charge in [0.2, 0.25) is 5.82 Å². The minimum absolute atomic E-state index is 0. The van der Waals surface area contributed by atoms with Crippen molar-refractivity contribution in [2.45, 2.75) is 0 Å². The molecule has 2 rings (SSSR count). The molecule has 2 aromatic heterocycles. The Balaban J connectivity index is 0.000000845. The normalized spacial score (nSPS) is 9.54. The van der Waals surface area contributed by atoms with Crippen LogP contribution in [0, 0.1) is 0 Å². The summed E-state index contributed by atoms with van der Waals surface area (Å²) in [4.78, 5) is 10.6. The summed E-state index contributed by atoms with van der Waals surface area (Å²) in [5.74, 6) is -1.14. The van der Waals surface area contributed by atoms with E-state index in [9.17, 15) is 4.79 Å². The van der Waals surface area contributed by atoms with Gasteiger partial charge in [-0.15, -0.1) is 10.2 Å². The first kappa shape index (κ1) is 10.2. The van der Waals surface area contributed by atoms with E-state index in [1.165, 1.54) is 4.40 Å². The fourth-order valence-corrected chi connectivity index (χ4v) is 0.987. The van der Waals surface area contributed by atoms with Crippen LogP contribution in [0.15, 0.2) is 24.4 Å². The summed E-state index contributed by atoms with van der Waals surface area (Å²) in [6.45, 7) is 0. The number of aromatic carboxylic acids is 1. The maximum atomic E-state index is 10.6. The molecule has 2 aromatic rings. The van der Waals surface area contributed by atoms with Gasteiger partial charge >= 0.3 is 5.97 Å². The summed E-state index contributed by atoms with van der Waals surface area (Å²) in [5, 5.41) is 15.8. The number of aromatic nitrogens is 3. The van der Waals surface area contributed by atoms with Crippen LogP contribution >= 0.6 is 0 Å². The van der Waals surface area contributed by atoms with Gasteiger partial charge in [0.25, 0.3) is 0 Å². The van der Waals surface area contributed by atoms with Crippen molar-refractivity contribution in [1.82, 2.24) is 14.6 Å². The molecule has 13 heavy (non-hydrogen) atoms. The van der Waals surface area contributed by atoms with E-state index in [4.69, 9.17) is 5.11 Å². The first-order chi connectivity index (χ1) is 5.79. The zero-order valence-electron chi connectivity index (χ0n) is 7.01. The van der Waals surface area contributed by atoms with Crippen LogP contribution in [0.5, 0.6) is 0 Å². The van der Waals surface area contributed by atoms with Crippen molar-refractivity contribution in [2.75, 3.05) is 0 Å². The Morgan fingerprint density at radius 2 is 2.15 bits per heavy atom. The molecule has 1 radical (unpaired) electrons. The van der Waals surface area contributed by atoms with Gasteiger partial charge in [-0.2, -0.15) is 0 Å². The number of carboxylic acid groups (broad SMARTS) is 1. The maximum absolute atomic E-state index is 10.6. The number of rotatable bonds is 1. The Kier molecular flexibility index (Phi) is 3.02. The molecule has 0 saturated carbocycles. The van der Waals surface area contributed by atoms with Crippen molar-refractivity contribution < 1.29 is 9.90 Å². The van der Waals surface area contributed by atoms with Crippen molar-refractivity contribution in [3.63, 3.8) is 0 Å². The third-order valence-electron chi connectivity index (χ3n) is 1.51. The van der Waals surface area contributed by atoms with Crippen LogP contribution in [-0.2, 0) is 0 Å². The first-order valence-electron chi connectivity index (χ1n) is 3.32. The van der Waals surface area contributed by atoms with Crippen molar-refractivity contribution in [3.8, 4) is 0 Å². The molecule has 0 aliphatic heterocycles. The van der Waals surface area contributed by atoms with Gasteiger partial charge in [0.15, 0.2) is 5.65 Å². The largest absolute Gasteiger partial charge is 0.475 e. The monoisotopic (exact) mass is 186 g/mol. The molecule has 0 aromatic carbocycles. The molecule has 6 heteroatoms. The minimum Gasteiger partial charge on any atom is -0.475 e. The number of pyridine rings is 1. The summed E-state index contributed by atoms with van der Waals surface area (Å²) >= 11 is 0. The summed E-state index contributed by atoms with van der Waals surface area (Å²) in [6, 6.07) is 5.19. The minimum atomic E-state index is -1.08. The van der Waals surface area contributed by atoms with E-state index < -0.39 is 5.97 Å². The number of hydrogen-bond donors (Lipinski definition) is 1. The van der Waals surface area contributed by atoms with E-state index in [2.05, 4.69) is 10.2 Å². The van der Waals surface area contributed by atoms with Crippen LogP contribution in [0.25, 0.3) is 5.65 Å². The van der Waals surface area contributed by atoms with Gasteiger partial charge in [0.1, 0.15) is 0 Å². The molecular weight excluding hydrogens is 181 g/mol. The molecule has 61 valence electrons. The van der Waals surface area contributed by atoms with Crippen molar-refractivity contribution in [2.24, 2.45) is 0 Å². The van der Waals surface area contributed by atoms with Crippen molar-refractivity contribution in [3.05, 3.63) is 30.2 Å². The van der Waals surface area contributed by atoms with Crippen molar-refractivity contribution in [1.29, 1.82) is 0 Å². The summed E-state index contributed by atoms with van der Waals surface area (Å²) in [6.07, 6.45) is 1.61. The molecule has 0 aliphatic rings. The molecule has 0 unspecified atom stereocenters. The number of nitrogens with zero attached hydrogens (tertiary/aromatic N) is 3. The zero-order valence-corrected chi connectivity index (χ0v) is 9.01. The van der Waals surface area contributed by atoms with Crippen molar-refractivity contribution >= 4 is 41.2 Å². The van der Waals surface area contributed by atoms with E-state index in [0.717, 1.165) is 0 Å². The smallest absolute Gasteiger partial charge is 0.374 e. The average molecular weight is 186 g/mol. The molecule has 0 bridgehead atoms. The molecule has 0 aliphatic carbocycles. The van der Waals surface area contributed by atoms with Gasteiger partial charge < -0.3 is 5.11 Å². The molecule has 5 nitrogen and oxygen atoms in total. The standard InChI is InChI=1S/C7H5N3O2.Na/c11-7(12)6-9-8-5-3-1-2-4-10(5)6;/h1-4H,(H,11,12);. The third-order valence-corrected chi connectivity index (χ3v) is 1.51. The second-order valence-corrected chi connectivity index (χ2v) is 2.26. The number of carbonyl (C=O) groups is 1. The predicted octanol–water partition coefficient (Wildman–Crippen LogP) is 0.0467. The third kappa shape index (κ3) is 1.72. The molecule has 0 spiro atoms. The molecular formula is C7H5N3NaO2. The van der Waals surface area contributed by atoms with Gasteiger partial charge in [-0.3, -0.25) is 4.40 Å². The first-order valence-corrected chi connectivity index (χ1v) is 3.32. The second kappa shape index (κ2) is 3.87. The van der Waals surface area contributed by atoms with Gasteiger partial charge in [0.05, 0.1) is 0 Å². The van der Waals surface area contributed by atoms with Gasteiger partial charge in [-0.05, 0) is 12.1 Å². The van der Waals surface area contributed by atoms with Crippen LogP contribution in [-0.4, -0.2) is 55.2 Å². The van der Waals surface area contributed by atoms with E-state index in [0.29, 0.717) is 5.65 Å². The van der Waals surface area contributed by atoms with Gasteiger partial charge in [-0.25, -0.2) is 4.79 Å². The predicted molar refractivity (Wildman–Crippen MR) is 45.7 cm³/mol. The van der Waals surface area contributed by atoms with E-state index >= 15 is 0 Å². The van der Waals surface area contributed by atoms with Crippen LogP contribution in [0.2, 0.25) is 0 Å². The zero-order chi connectivity index (χ0) is 8.55. The van der Waals surface area contributed by atoms with Gasteiger partial charge in [0, 0.05) is 35.8 Å². The molecule has 0 fully saturated rings. The Hall–Kier alpha value is -0.910. The van der Waals surface area contributed by atoms with E-state index in [-0.39, 0.29) is 35.4 Å². The number of hydrogen-bond acceptors (Lipinski definition) is 3. The summed E-state index contributed by atoms with van der Waals surface area (Å²) in [7, 11) is 0. The number of carboxylic acids is 1. The summed E-state index contributed by atoms with van der Waals surface area (Å²) in [5.41, 5.74) is 0.537. The molecule has 0 amide bonds.